The van der Waals surface area contributed by atoms with Crippen molar-refractivity contribution in [3.63, 3.8) is 0 Å². The Balaban J connectivity index is 2.53. The summed E-state index contributed by atoms with van der Waals surface area (Å²) in [5.74, 6) is 0.748. The highest BCUT2D eigenvalue weighted by Gasteiger charge is 1.98. The molecule has 62 valence electrons. The Labute approximate surface area is 75.6 Å². The zero-order valence-corrected chi connectivity index (χ0v) is 7.34. The Morgan fingerprint density at radius 3 is 3.17 bits per heavy atom. The third kappa shape index (κ3) is 2.44. The number of hydrogen-bond donors (Lipinski definition) is 1. The molecule has 0 saturated carbocycles. The molecule has 1 aromatic heterocycles. The number of anilines is 1. The molecule has 0 radical (unpaired) electrons. The minimum Gasteiger partial charge on any atom is -0.397 e. The Morgan fingerprint density at radius 2 is 2.50 bits per heavy atom. The molecule has 0 aliphatic rings. The van der Waals surface area contributed by atoms with Crippen molar-refractivity contribution in [2.45, 2.75) is 11.4 Å². The Bertz CT molecular complexity index is 293. The van der Waals surface area contributed by atoms with E-state index < -0.39 is 0 Å². The fourth-order valence-corrected chi connectivity index (χ4v) is 1.47. The minimum atomic E-state index is 0.528. The molecule has 0 saturated heterocycles. The van der Waals surface area contributed by atoms with Crippen LogP contribution in [-0.4, -0.2) is 10.7 Å². The molecule has 2 N–H and O–H groups in total. The molecule has 0 aliphatic carbocycles. The molecule has 0 aliphatic heterocycles. The summed E-state index contributed by atoms with van der Waals surface area (Å²) in [5, 5.41) is 9.11. The quantitative estimate of drug-likeness (QED) is 0.566. The largest absolute Gasteiger partial charge is 0.397 e. The average molecular weight is 179 g/mol. The van der Waals surface area contributed by atoms with Crippen molar-refractivity contribution in [1.29, 1.82) is 5.26 Å². The fourth-order valence-electron chi connectivity index (χ4n) is 0.717. The van der Waals surface area contributed by atoms with E-state index in [1.54, 1.807) is 12.3 Å². The number of hydrogen-bond acceptors (Lipinski definition) is 4. The summed E-state index contributed by atoms with van der Waals surface area (Å²) in [4.78, 5) is 4.08. The molecule has 1 rings (SSSR count). The predicted octanol–water partition coefficient (Wildman–Crippen LogP) is 1.67. The van der Waals surface area contributed by atoms with Gasteiger partial charge in [0.25, 0.3) is 0 Å². The van der Waals surface area contributed by atoms with Gasteiger partial charge in [-0.25, -0.2) is 4.98 Å². The van der Waals surface area contributed by atoms with E-state index >= 15 is 0 Å². The van der Waals surface area contributed by atoms with Crippen molar-refractivity contribution in [3.05, 3.63) is 18.3 Å². The number of nitrogen functional groups attached to an aromatic ring is 1. The Kier molecular flexibility index (Phi) is 3.42. The van der Waals surface area contributed by atoms with E-state index in [-0.39, 0.29) is 0 Å². The van der Waals surface area contributed by atoms with E-state index in [1.807, 2.05) is 6.07 Å². The molecule has 0 bridgehead atoms. The van der Waals surface area contributed by atoms with Gasteiger partial charge in [0.15, 0.2) is 0 Å². The lowest BCUT2D eigenvalue weighted by Crippen LogP contribution is -1.91. The van der Waals surface area contributed by atoms with Crippen LogP contribution >= 0.6 is 11.8 Å². The van der Waals surface area contributed by atoms with Crippen LogP contribution in [0.15, 0.2) is 23.4 Å². The van der Waals surface area contributed by atoms with Crippen molar-refractivity contribution >= 4 is 17.4 Å². The van der Waals surface area contributed by atoms with Gasteiger partial charge in [0.1, 0.15) is 5.03 Å². The standard InChI is InChI=1S/C8H9N3S/c9-4-2-6-12-8-7(10)3-1-5-11-8/h1,3,5H,2,6,10H2. The van der Waals surface area contributed by atoms with Gasteiger partial charge in [0.05, 0.1) is 11.8 Å². The van der Waals surface area contributed by atoms with Crippen LogP contribution in [0.3, 0.4) is 0 Å². The number of thioether (sulfide) groups is 1. The number of aromatic nitrogens is 1. The van der Waals surface area contributed by atoms with Crippen LogP contribution < -0.4 is 5.73 Å². The van der Waals surface area contributed by atoms with E-state index in [2.05, 4.69) is 11.1 Å². The van der Waals surface area contributed by atoms with E-state index in [1.165, 1.54) is 11.8 Å². The number of rotatable bonds is 3. The van der Waals surface area contributed by atoms with Gasteiger partial charge in [-0.2, -0.15) is 5.26 Å². The predicted molar refractivity (Wildman–Crippen MR) is 49.6 cm³/mol. The summed E-state index contributed by atoms with van der Waals surface area (Å²) in [6.07, 6.45) is 2.23. The first-order valence-corrected chi connectivity index (χ1v) is 4.53. The molecule has 0 aromatic carbocycles. The van der Waals surface area contributed by atoms with Crippen LogP contribution in [0, 0.1) is 11.3 Å². The number of nitrogens with two attached hydrogens (primary N) is 1. The highest BCUT2D eigenvalue weighted by molar-refractivity contribution is 7.99. The maximum atomic E-state index is 8.30. The molecule has 0 amide bonds. The van der Waals surface area contributed by atoms with Gasteiger partial charge >= 0.3 is 0 Å². The van der Waals surface area contributed by atoms with Crippen molar-refractivity contribution < 1.29 is 0 Å². The molecular weight excluding hydrogens is 170 g/mol. The lowest BCUT2D eigenvalue weighted by Gasteiger charge is -2.00. The van der Waals surface area contributed by atoms with Crippen molar-refractivity contribution in [1.82, 2.24) is 4.98 Å². The third-order valence-electron chi connectivity index (χ3n) is 1.25. The van der Waals surface area contributed by atoms with E-state index in [0.717, 1.165) is 10.8 Å². The Hall–Kier alpha value is -1.21. The monoisotopic (exact) mass is 179 g/mol. The van der Waals surface area contributed by atoms with E-state index in [0.29, 0.717) is 12.1 Å². The van der Waals surface area contributed by atoms with Gasteiger partial charge in [-0.1, -0.05) is 0 Å². The molecule has 0 atom stereocenters. The SMILES string of the molecule is N#CCCSc1ncccc1N. The second-order valence-electron chi connectivity index (χ2n) is 2.15. The first-order chi connectivity index (χ1) is 5.84. The van der Waals surface area contributed by atoms with Crippen LogP contribution in [0.5, 0.6) is 0 Å². The van der Waals surface area contributed by atoms with Crippen LogP contribution in [-0.2, 0) is 0 Å². The summed E-state index contributed by atoms with van der Waals surface area (Å²) in [6.45, 7) is 0. The first-order valence-electron chi connectivity index (χ1n) is 3.55. The smallest absolute Gasteiger partial charge is 0.119 e. The van der Waals surface area contributed by atoms with Crippen LogP contribution in [0.2, 0.25) is 0 Å². The van der Waals surface area contributed by atoms with Gasteiger partial charge in [0, 0.05) is 18.4 Å². The molecule has 12 heavy (non-hydrogen) atoms. The molecule has 0 fully saturated rings. The van der Waals surface area contributed by atoms with Gasteiger partial charge in [0.2, 0.25) is 0 Å². The number of nitriles is 1. The average Bonchev–Trinajstić information content (AvgIpc) is 2.09. The summed E-state index contributed by atoms with van der Waals surface area (Å²) in [7, 11) is 0. The normalized spacial score (nSPS) is 9.25. The molecule has 3 nitrogen and oxygen atoms in total. The summed E-state index contributed by atoms with van der Waals surface area (Å²) in [5.41, 5.74) is 6.32. The van der Waals surface area contributed by atoms with Crippen LogP contribution in [0.4, 0.5) is 5.69 Å². The van der Waals surface area contributed by atoms with E-state index in [9.17, 15) is 0 Å². The zero-order valence-electron chi connectivity index (χ0n) is 6.53. The van der Waals surface area contributed by atoms with Gasteiger partial charge in [-0.3, -0.25) is 0 Å². The molecule has 4 heteroatoms. The minimum absolute atomic E-state index is 0.528. The summed E-state index contributed by atoms with van der Waals surface area (Å²) in [6, 6.07) is 5.67. The first kappa shape index (κ1) is 8.88. The van der Waals surface area contributed by atoms with Gasteiger partial charge in [-0.05, 0) is 12.1 Å². The molecule has 1 heterocycles. The fraction of sp³-hybridized carbons (Fsp3) is 0.250. The highest BCUT2D eigenvalue weighted by Crippen LogP contribution is 2.21. The second-order valence-corrected chi connectivity index (χ2v) is 3.24. The molecular formula is C8H9N3S. The molecule has 0 spiro atoms. The maximum absolute atomic E-state index is 8.30. The Morgan fingerprint density at radius 1 is 1.67 bits per heavy atom. The summed E-state index contributed by atoms with van der Waals surface area (Å²) >= 11 is 1.51. The van der Waals surface area contributed by atoms with Gasteiger partial charge < -0.3 is 5.73 Å². The lowest BCUT2D eigenvalue weighted by atomic mass is 10.4. The molecule has 1 aromatic rings. The summed E-state index contributed by atoms with van der Waals surface area (Å²) < 4.78 is 0. The van der Waals surface area contributed by atoms with E-state index in [4.69, 9.17) is 11.0 Å². The van der Waals surface area contributed by atoms with Crippen molar-refractivity contribution in [2.24, 2.45) is 0 Å². The molecule has 0 unspecified atom stereocenters. The second kappa shape index (κ2) is 4.62. The van der Waals surface area contributed by atoms with Crippen LogP contribution in [0.25, 0.3) is 0 Å². The van der Waals surface area contributed by atoms with Crippen molar-refractivity contribution in [3.8, 4) is 6.07 Å². The third-order valence-corrected chi connectivity index (χ3v) is 2.28. The highest BCUT2D eigenvalue weighted by atomic mass is 32.2. The number of nitrogens with zero attached hydrogens (tertiary/aromatic N) is 2. The van der Waals surface area contributed by atoms with Gasteiger partial charge in [-0.15, -0.1) is 11.8 Å². The number of pyridine rings is 1. The van der Waals surface area contributed by atoms with Crippen LogP contribution in [0.1, 0.15) is 6.42 Å². The van der Waals surface area contributed by atoms with Crippen molar-refractivity contribution in [2.75, 3.05) is 11.5 Å². The lowest BCUT2D eigenvalue weighted by molar-refractivity contribution is 1.13. The topological polar surface area (TPSA) is 62.7 Å². The zero-order chi connectivity index (χ0) is 8.81. The maximum Gasteiger partial charge on any atom is 0.119 e.